The van der Waals surface area contributed by atoms with Crippen LogP contribution in [0.4, 0.5) is 0 Å². The summed E-state index contributed by atoms with van der Waals surface area (Å²) in [7, 11) is 4.01. The van der Waals surface area contributed by atoms with Gasteiger partial charge >= 0.3 is 0 Å². The second-order valence-electron chi connectivity index (χ2n) is 5.69. The molecule has 3 nitrogen and oxygen atoms in total. The van der Waals surface area contributed by atoms with Gasteiger partial charge in [0.15, 0.2) is 0 Å². The van der Waals surface area contributed by atoms with Crippen molar-refractivity contribution in [1.82, 2.24) is 9.80 Å². The van der Waals surface area contributed by atoms with Crippen molar-refractivity contribution < 1.29 is 4.74 Å². The van der Waals surface area contributed by atoms with E-state index in [1.165, 1.54) is 26.2 Å². The van der Waals surface area contributed by atoms with E-state index in [-0.39, 0.29) is 5.41 Å². The van der Waals surface area contributed by atoms with Crippen LogP contribution in [0.15, 0.2) is 0 Å². The van der Waals surface area contributed by atoms with Crippen LogP contribution in [0.2, 0.25) is 0 Å². The lowest BCUT2D eigenvalue weighted by molar-refractivity contribution is -0.0165. The Morgan fingerprint density at radius 1 is 1.13 bits per heavy atom. The fourth-order valence-electron chi connectivity index (χ4n) is 1.97. The van der Waals surface area contributed by atoms with Gasteiger partial charge in [0.25, 0.3) is 0 Å². The van der Waals surface area contributed by atoms with Crippen LogP contribution in [-0.2, 0) is 4.74 Å². The van der Waals surface area contributed by atoms with Crippen molar-refractivity contribution in [2.75, 3.05) is 46.9 Å². The van der Waals surface area contributed by atoms with Gasteiger partial charge in [-0.05, 0) is 12.5 Å². The maximum absolute atomic E-state index is 5.59. The van der Waals surface area contributed by atoms with Gasteiger partial charge in [-0.25, -0.2) is 0 Å². The van der Waals surface area contributed by atoms with Crippen molar-refractivity contribution in [2.24, 2.45) is 5.41 Å². The topological polar surface area (TPSA) is 15.7 Å². The minimum atomic E-state index is 0.234. The number of piperazine rings is 1. The fraction of sp³-hybridized carbons (Fsp3) is 1.00. The van der Waals surface area contributed by atoms with Gasteiger partial charge in [0, 0.05) is 39.8 Å². The molecule has 1 aliphatic rings. The molecule has 1 aliphatic heterocycles. The van der Waals surface area contributed by atoms with Crippen LogP contribution < -0.4 is 0 Å². The molecule has 1 unspecified atom stereocenters. The molecule has 0 radical (unpaired) electrons. The fourth-order valence-corrected chi connectivity index (χ4v) is 1.97. The van der Waals surface area contributed by atoms with E-state index in [2.05, 4.69) is 37.6 Å². The molecule has 0 aromatic carbocycles. The maximum atomic E-state index is 5.59. The smallest absolute Gasteiger partial charge is 0.0746 e. The molecule has 0 aromatic heterocycles. The molecule has 0 bridgehead atoms. The molecular weight excluding hydrogens is 188 g/mol. The summed E-state index contributed by atoms with van der Waals surface area (Å²) in [6, 6.07) is 0. The van der Waals surface area contributed by atoms with Crippen molar-refractivity contribution in [3.05, 3.63) is 0 Å². The third-order valence-electron chi connectivity index (χ3n) is 3.27. The molecule has 0 aliphatic carbocycles. The number of hydrogen-bond donors (Lipinski definition) is 0. The van der Waals surface area contributed by atoms with Crippen molar-refractivity contribution in [3.63, 3.8) is 0 Å². The lowest BCUT2D eigenvalue weighted by atomic mass is 9.88. The Kier molecular flexibility index (Phi) is 4.56. The van der Waals surface area contributed by atoms with Crippen molar-refractivity contribution >= 4 is 0 Å². The second kappa shape index (κ2) is 5.28. The summed E-state index contributed by atoms with van der Waals surface area (Å²) in [5.74, 6) is 0. The zero-order valence-corrected chi connectivity index (χ0v) is 10.9. The molecule has 90 valence electrons. The third kappa shape index (κ3) is 4.09. The molecule has 1 rings (SSSR count). The summed E-state index contributed by atoms with van der Waals surface area (Å²) in [6.45, 7) is 12.5. The Hall–Kier alpha value is -0.120. The van der Waals surface area contributed by atoms with Crippen molar-refractivity contribution in [3.8, 4) is 0 Å². The Morgan fingerprint density at radius 3 is 2.07 bits per heavy atom. The Morgan fingerprint density at radius 2 is 1.67 bits per heavy atom. The van der Waals surface area contributed by atoms with E-state index in [4.69, 9.17) is 4.74 Å². The van der Waals surface area contributed by atoms with Gasteiger partial charge in [0.2, 0.25) is 0 Å². The van der Waals surface area contributed by atoms with Gasteiger partial charge in [-0.15, -0.1) is 0 Å². The number of ether oxygens (including phenoxy) is 1. The Bertz CT molecular complexity index is 181. The minimum absolute atomic E-state index is 0.234. The van der Waals surface area contributed by atoms with Gasteiger partial charge in [0.1, 0.15) is 0 Å². The molecule has 1 fully saturated rings. The highest BCUT2D eigenvalue weighted by Crippen LogP contribution is 2.22. The van der Waals surface area contributed by atoms with Crippen LogP contribution in [0.3, 0.4) is 0 Å². The standard InChI is InChI=1S/C12H26N2O/c1-12(2,3)11(15-5)10-14-8-6-13(4)7-9-14/h11H,6-10H2,1-5H3. The lowest BCUT2D eigenvalue weighted by Gasteiger charge is -2.38. The molecule has 15 heavy (non-hydrogen) atoms. The summed E-state index contributed by atoms with van der Waals surface area (Å²) < 4.78 is 5.59. The molecular formula is C12H26N2O. The number of likely N-dealkylation sites (N-methyl/N-ethyl adjacent to an activating group) is 1. The molecule has 0 aromatic rings. The Balaban J connectivity index is 2.39. The summed E-state index contributed by atoms with van der Waals surface area (Å²) in [5.41, 5.74) is 0.234. The molecule has 0 amide bonds. The van der Waals surface area contributed by atoms with E-state index in [9.17, 15) is 0 Å². The third-order valence-corrected chi connectivity index (χ3v) is 3.27. The average molecular weight is 214 g/mol. The number of methoxy groups -OCH3 is 1. The van der Waals surface area contributed by atoms with E-state index < -0.39 is 0 Å². The molecule has 3 heteroatoms. The van der Waals surface area contributed by atoms with Crippen LogP contribution in [0.1, 0.15) is 20.8 Å². The van der Waals surface area contributed by atoms with Crippen molar-refractivity contribution in [2.45, 2.75) is 26.9 Å². The monoisotopic (exact) mass is 214 g/mol. The lowest BCUT2D eigenvalue weighted by Crippen LogP contribution is -2.49. The van der Waals surface area contributed by atoms with Gasteiger partial charge in [-0.3, -0.25) is 4.90 Å². The number of hydrogen-bond acceptors (Lipinski definition) is 3. The van der Waals surface area contributed by atoms with E-state index in [1.807, 2.05) is 7.11 Å². The van der Waals surface area contributed by atoms with Gasteiger partial charge in [-0.2, -0.15) is 0 Å². The maximum Gasteiger partial charge on any atom is 0.0746 e. The number of rotatable bonds is 3. The minimum Gasteiger partial charge on any atom is -0.380 e. The van der Waals surface area contributed by atoms with E-state index in [1.54, 1.807) is 0 Å². The molecule has 0 N–H and O–H groups in total. The molecule has 1 atom stereocenters. The van der Waals surface area contributed by atoms with Crippen LogP contribution >= 0.6 is 0 Å². The first-order valence-electron chi connectivity index (χ1n) is 5.87. The van der Waals surface area contributed by atoms with Gasteiger partial charge in [0.05, 0.1) is 6.10 Å². The molecule has 0 spiro atoms. The first-order chi connectivity index (χ1) is 6.93. The largest absolute Gasteiger partial charge is 0.380 e. The average Bonchev–Trinajstić information content (AvgIpc) is 2.15. The highest BCUT2D eigenvalue weighted by molar-refractivity contribution is 4.80. The van der Waals surface area contributed by atoms with Crippen LogP contribution in [-0.4, -0.2) is 62.8 Å². The van der Waals surface area contributed by atoms with E-state index in [0.717, 1.165) is 6.54 Å². The first-order valence-corrected chi connectivity index (χ1v) is 5.87. The first kappa shape index (κ1) is 12.9. The normalized spacial score (nSPS) is 23.0. The van der Waals surface area contributed by atoms with E-state index >= 15 is 0 Å². The summed E-state index contributed by atoms with van der Waals surface area (Å²) >= 11 is 0. The molecule has 0 saturated carbocycles. The Labute approximate surface area is 94.4 Å². The van der Waals surface area contributed by atoms with Crippen LogP contribution in [0.5, 0.6) is 0 Å². The van der Waals surface area contributed by atoms with Crippen molar-refractivity contribution in [1.29, 1.82) is 0 Å². The summed E-state index contributed by atoms with van der Waals surface area (Å²) in [6.07, 6.45) is 0.334. The zero-order valence-electron chi connectivity index (χ0n) is 10.9. The highest BCUT2D eigenvalue weighted by Gasteiger charge is 2.27. The molecule has 1 saturated heterocycles. The highest BCUT2D eigenvalue weighted by atomic mass is 16.5. The van der Waals surface area contributed by atoms with Crippen LogP contribution in [0, 0.1) is 5.41 Å². The second-order valence-corrected chi connectivity index (χ2v) is 5.69. The quantitative estimate of drug-likeness (QED) is 0.704. The molecule has 1 heterocycles. The SMILES string of the molecule is COC(CN1CCN(C)CC1)C(C)(C)C. The number of nitrogens with zero attached hydrogens (tertiary/aromatic N) is 2. The van der Waals surface area contributed by atoms with Crippen LogP contribution in [0.25, 0.3) is 0 Å². The summed E-state index contributed by atoms with van der Waals surface area (Å²) in [5, 5.41) is 0. The van der Waals surface area contributed by atoms with Gasteiger partial charge < -0.3 is 9.64 Å². The predicted molar refractivity (Wildman–Crippen MR) is 64.2 cm³/mol. The zero-order chi connectivity index (χ0) is 11.5. The van der Waals surface area contributed by atoms with E-state index in [0.29, 0.717) is 6.10 Å². The van der Waals surface area contributed by atoms with Gasteiger partial charge in [-0.1, -0.05) is 20.8 Å². The summed E-state index contributed by atoms with van der Waals surface area (Å²) in [4.78, 5) is 4.90. The predicted octanol–water partition coefficient (Wildman–Crippen LogP) is 1.29.